The van der Waals surface area contributed by atoms with Crippen LogP contribution >= 0.6 is 0 Å². The van der Waals surface area contributed by atoms with E-state index in [1.165, 1.54) is 13.8 Å². The number of fused-ring (bicyclic) bond motifs is 5. The van der Waals surface area contributed by atoms with Crippen LogP contribution in [0.4, 0.5) is 0 Å². The fourth-order valence-corrected chi connectivity index (χ4v) is 13.1. The molecule has 0 amide bonds. The lowest BCUT2D eigenvalue weighted by atomic mass is 9.41. The van der Waals surface area contributed by atoms with E-state index >= 15 is 0 Å². The third-order valence-electron chi connectivity index (χ3n) is 16.3. The maximum Gasteiger partial charge on any atom is 0.331 e. The predicted octanol–water partition coefficient (Wildman–Crippen LogP) is -0.974. The second-order valence-electron chi connectivity index (χ2n) is 19.5. The van der Waals surface area contributed by atoms with E-state index in [0.29, 0.717) is 44.9 Å². The summed E-state index contributed by atoms with van der Waals surface area (Å²) in [6, 6.07) is 0. The fourth-order valence-electron chi connectivity index (χ4n) is 13.1. The number of aliphatic hydroxyl groups excluding tert-OH is 6. The van der Waals surface area contributed by atoms with E-state index in [-0.39, 0.29) is 49.6 Å². The van der Waals surface area contributed by atoms with Crippen LogP contribution in [0.25, 0.3) is 0 Å². The number of esters is 2. The second-order valence-corrected chi connectivity index (χ2v) is 19.5. The smallest absolute Gasteiger partial charge is 0.331 e. The van der Waals surface area contributed by atoms with Crippen LogP contribution in [0, 0.1) is 28.6 Å². The third kappa shape index (κ3) is 7.58. The molecule has 0 aromatic carbocycles. The second kappa shape index (κ2) is 17.2. The molecule has 350 valence electrons. The van der Waals surface area contributed by atoms with Gasteiger partial charge < -0.3 is 83.5 Å². The molecule has 8 aliphatic rings. The van der Waals surface area contributed by atoms with Crippen molar-refractivity contribution in [3.63, 3.8) is 0 Å². The molecule has 4 heterocycles. The minimum atomic E-state index is -1.76. The summed E-state index contributed by atoms with van der Waals surface area (Å²) < 4.78 is 46.9. The Hall–Kier alpha value is -2.21. The zero-order valence-corrected chi connectivity index (χ0v) is 35.6. The monoisotopic (exact) mass is 884 g/mol. The van der Waals surface area contributed by atoms with Gasteiger partial charge in [0.05, 0.1) is 41.5 Å². The topological polar surface area (TPSA) is 287 Å². The van der Waals surface area contributed by atoms with Crippen LogP contribution in [0.5, 0.6) is 0 Å². The zero-order chi connectivity index (χ0) is 44.7. The number of hydrogen-bond donors (Lipinski definition) is 8. The van der Waals surface area contributed by atoms with Gasteiger partial charge in [-0.1, -0.05) is 6.92 Å². The Kier molecular flexibility index (Phi) is 12.9. The number of carbonyl (C=O) groups is 3. The summed E-state index contributed by atoms with van der Waals surface area (Å²) in [5, 5.41) is 87.7. The van der Waals surface area contributed by atoms with Gasteiger partial charge in [-0.2, -0.15) is 0 Å². The van der Waals surface area contributed by atoms with Gasteiger partial charge in [0.15, 0.2) is 18.9 Å². The molecular weight excluding hydrogens is 820 g/mol. The van der Waals surface area contributed by atoms with E-state index in [4.69, 9.17) is 37.9 Å². The minimum Gasteiger partial charge on any atom is -0.459 e. The molecule has 0 aromatic rings. The third-order valence-corrected chi connectivity index (χ3v) is 16.3. The summed E-state index contributed by atoms with van der Waals surface area (Å²) in [4.78, 5) is 37.7. The van der Waals surface area contributed by atoms with E-state index < -0.39 is 127 Å². The molecule has 0 spiro atoms. The molecule has 22 atom stereocenters. The summed E-state index contributed by atoms with van der Waals surface area (Å²) in [5.74, 6) is -1.46. The van der Waals surface area contributed by atoms with Crippen molar-refractivity contribution < 1.29 is 93.1 Å². The van der Waals surface area contributed by atoms with Gasteiger partial charge in [0.25, 0.3) is 0 Å². The highest BCUT2D eigenvalue weighted by Crippen LogP contribution is 2.70. The van der Waals surface area contributed by atoms with Gasteiger partial charge in [-0.25, -0.2) is 4.79 Å². The Morgan fingerprint density at radius 3 is 2.18 bits per heavy atom. The van der Waals surface area contributed by atoms with E-state index in [9.17, 15) is 55.2 Å². The summed E-state index contributed by atoms with van der Waals surface area (Å²) in [5.41, 5.74) is -3.17. The quantitative estimate of drug-likeness (QED) is 0.0744. The molecule has 4 saturated carbocycles. The first-order valence-corrected chi connectivity index (χ1v) is 22.2. The lowest BCUT2D eigenvalue weighted by Gasteiger charge is -2.65. The van der Waals surface area contributed by atoms with Crippen molar-refractivity contribution in [3.05, 3.63) is 11.6 Å². The number of ether oxygens (including phenoxy) is 8. The number of hydrogen-bond acceptors (Lipinski definition) is 19. The van der Waals surface area contributed by atoms with Gasteiger partial charge in [-0.3, -0.25) is 4.79 Å². The van der Waals surface area contributed by atoms with Crippen molar-refractivity contribution >= 4 is 18.2 Å². The van der Waals surface area contributed by atoms with Crippen molar-refractivity contribution in [1.82, 2.24) is 0 Å². The predicted molar refractivity (Wildman–Crippen MR) is 207 cm³/mol. The average molecular weight is 885 g/mol. The Bertz CT molecular complexity index is 1710. The van der Waals surface area contributed by atoms with Crippen LogP contribution in [0.2, 0.25) is 0 Å². The molecule has 8 rings (SSSR count). The van der Waals surface area contributed by atoms with Crippen molar-refractivity contribution in [1.29, 1.82) is 0 Å². The zero-order valence-electron chi connectivity index (χ0n) is 35.6. The van der Waals surface area contributed by atoms with Gasteiger partial charge in [-0.05, 0) is 88.5 Å². The average Bonchev–Trinajstić information content (AvgIpc) is 3.77. The van der Waals surface area contributed by atoms with E-state index in [2.05, 4.69) is 6.92 Å². The Morgan fingerprint density at radius 1 is 0.823 bits per heavy atom. The number of aldehydes is 1. The molecule has 62 heavy (non-hydrogen) atoms. The maximum absolute atomic E-state index is 13.4. The first kappa shape index (κ1) is 46.3. The van der Waals surface area contributed by atoms with Crippen LogP contribution in [0.3, 0.4) is 0 Å². The van der Waals surface area contributed by atoms with Crippen LogP contribution in [0.1, 0.15) is 91.9 Å². The standard InChI is InChI=1S/C43H64O19/c1-19-36(61-38-35(52)33(50)37(20(2)57-38)62-39-34(51)32(49)31(48)28(16-44)60-39)27(58-21(3)46)14-30(56-19)59-23-5-10-41(18-45)25-6-9-40(4)24(22-13-29(47)55-17-22)8-12-43(40,54)26(25)7-11-42(41,53)15-23/h13,18-20,23-28,30-39,44,48-54H,5-12,14-17H2,1-4H3/t19-,20+,23+,24-,25+,26-,27+,28-,30+,31-,32+,33-,34-,35-,36-,37+,38+,39-,40-,41+,42+,43+/m1/s1. The van der Waals surface area contributed by atoms with Gasteiger partial charge in [0.1, 0.15) is 67.8 Å². The number of carbonyl (C=O) groups excluding carboxylic acids is 3. The molecule has 7 fully saturated rings. The van der Waals surface area contributed by atoms with Crippen molar-refractivity contribution in [2.75, 3.05) is 13.2 Å². The highest BCUT2D eigenvalue weighted by molar-refractivity contribution is 5.85. The van der Waals surface area contributed by atoms with Crippen molar-refractivity contribution in [2.45, 2.75) is 195 Å². The summed E-state index contributed by atoms with van der Waals surface area (Å²) in [6.07, 6.45) is -12.8. The van der Waals surface area contributed by atoms with Gasteiger partial charge in [0.2, 0.25) is 0 Å². The number of rotatable bonds is 10. The Morgan fingerprint density at radius 2 is 1.50 bits per heavy atom. The van der Waals surface area contributed by atoms with Gasteiger partial charge in [-0.15, -0.1) is 0 Å². The van der Waals surface area contributed by atoms with Crippen molar-refractivity contribution in [3.8, 4) is 0 Å². The molecule has 4 aliphatic heterocycles. The van der Waals surface area contributed by atoms with Crippen LogP contribution in [-0.4, -0.2) is 176 Å². The fraction of sp³-hybridized carbons (Fsp3) is 0.884. The van der Waals surface area contributed by atoms with Crippen LogP contribution < -0.4 is 0 Å². The molecule has 0 bridgehead atoms. The van der Waals surface area contributed by atoms with Crippen LogP contribution in [-0.2, 0) is 52.3 Å². The Labute approximate surface area is 359 Å². The molecule has 3 saturated heterocycles. The molecule has 19 heteroatoms. The largest absolute Gasteiger partial charge is 0.459 e. The van der Waals surface area contributed by atoms with E-state index in [1.54, 1.807) is 13.0 Å². The lowest BCUT2D eigenvalue weighted by Crippen LogP contribution is -2.69. The molecule has 19 nitrogen and oxygen atoms in total. The van der Waals surface area contributed by atoms with E-state index in [1.807, 2.05) is 0 Å². The molecule has 4 aliphatic carbocycles. The molecule has 0 unspecified atom stereocenters. The van der Waals surface area contributed by atoms with Crippen LogP contribution in [0.15, 0.2) is 11.6 Å². The Balaban J connectivity index is 0.905. The van der Waals surface area contributed by atoms with E-state index in [0.717, 1.165) is 11.9 Å². The first-order chi connectivity index (χ1) is 29.3. The highest BCUT2D eigenvalue weighted by Gasteiger charge is 2.71. The van der Waals surface area contributed by atoms with Crippen molar-refractivity contribution in [2.24, 2.45) is 28.6 Å². The highest BCUT2D eigenvalue weighted by atomic mass is 16.8. The molecule has 0 radical (unpaired) electrons. The minimum absolute atomic E-state index is 0.00332. The number of cyclic esters (lactones) is 1. The normalized spacial score (nSPS) is 52.8. The number of aliphatic hydroxyl groups is 8. The summed E-state index contributed by atoms with van der Waals surface area (Å²) in [7, 11) is 0. The summed E-state index contributed by atoms with van der Waals surface area (Å²) in [6.45, 7) is 6.04. The first-order valence-electron chi connectivity index (χ1n) is 22.2. The molecule has 0 aromatic heterocycles. The SMILES string of the molecule is CC(=O)O[C@H]1C[C@H](O[C@H]2CC[C@]3(C=O)[C@H]4CC[C@]5(C)[C@@H](C6=CC(=O)OC6)CC[C@]5(O)[C@@H]4CC[C@]3(O)C2)O[C@H](C)[C@H]1O[C@@H]1O[C@@H](C)[C@H](O[C@H]2O[C@H](CO)[C@@H](O)[C@H](O)[C@H]2O)[C@H](O)[C@H]1O. The summed E-state index contributed by atoms with van der Waals surface area (Å²) >= 11 is 0. The maximum atomic E-state index is 13.4. The lowest BCUT2D eigenvalue weighted by molar-refractivity contribution is -0.369. The van der Waals surface area contributed by atoms with Gasteiger partial charge in [0, 0.05) is 31.3 Å². The molecule has 8 N–H and O–H groups in total. The van der Waals surface area contributed by atoms with Gasteiger partial charge >= 0.3 is 11.9 Å². The molecular formula is C43H64O19.